The van der Waals surface area contributed by atoms with E-state index in [9.17, 15) is 22.8 Å². The molecule has 0 atom stereocenters. The van der Waals surface area contributed by atoms with Crippen LogP contribution in [0.1, 0.15) is 15.9 Å². The average molecular weight is 394 g/mol. The Balaban J connectivity index is 2.53. The van der Waals surface area contributed by atoms with Gasteiger partial charge in [-0.2, -0.15) is 13.2 Å². The van der Waals surface area contributed by atoms with Gasteiger partial charge in [0.1, 0.15) is 6.54 Å². The van der Waals surface area contributed by atoms with E-state index in [2.05, 4.69) is 0 Å². The van der Waals surface area contributed by atoms with Crippen LogP contribution in [0.4, 0.5) is 18.2 Å². The zero-order valence-corrected chi connectivity index (χ0v) is 13.9. The lowest BCUT2D eigenvalue weighted by atomic mass is 10.0. The third kappa shape index (κ3) is 4.03. The van der Waals surface area contributed by atoms with E-state index in [-0.39, 0.29) is 21.7 Å². The van der Waals surface area contributed by atoms with Crippen molar-refractivity contribution in [2.45, 2.75) is 6.18 Å². The third-order valence-corrected chi connectivity index (χ3v) is 4.32. The number of thiophene rings is 1. The lowest BCUT2D eigenvalue weighted by Gasteiger charge is -2.16. The van der Waals surface area contributed by atoms with Gasteiger partial charge in [0.05, 0.1) is 21.2 Å². The molecule has 2 aromatic rings. The number of hydrogen-bond donors (Lipinski definition) is 3. The van der Waals surface area contributed by atoms with Crippen molar-refractivity contribution in [3.05, 3.63) is 39.7 Å². The van der Waals surface area contributed by atoms with Gasteiger partial charge < -0.3 is 10.8 Å². The van der Waals surface area contributed by atoms with Gasteiger partial charge in [-0.25, -0.2) is 5.84 Å². The Morgan fingerprint density at radius 3 is 2.52 bits per heavy atom. The van der Waals surface area contributed by atoms with E-state index in [1.807, 2.05) is 0 Å². The maximum Gasteiger partial charge on any atom is 0.417 e. The topological polar surface area (TPSA) is 110 Å². The zero-order chi connectivity index (χ0) is 18.9. The molecule has 0 fully saturated rings. The molecule has 0 radical (unpaired) electrons. The number of amides is 1. The molecule has 1 aromatic carbocycles. The molecule has 0 saturated carbocycles. The highest BCUT2D eigenvalue weighted by molar-refractivity contribution is 7.15. The van der Waals surface area contributed by atoms with Gasteiger partial charge in [0.15, 0.2) is 0 Å². The Morgan fingerprint density at radius 2 is 1.96 bits per heavy atom. The first-order valence-corrected chi connectivity index (χ1v) is 7.80. The minimum atomic E-state index is -4.68. The van der Waals surface area contributed by atoms with Gasteiger partial charge in [0.2, 0.25) is 0 Å². The highest BCUT2D eigenvalue weighted by atomic mass is 35.5. The van der Waals surface area contributed by atoms with Crippen molar-refractivity contribution in [2.24, 2.45) is 5.84 Å². The summed E-state index contributed by atoms with van der Waals surface area (Å²) in [7, 11) is 0. The molecule has 6 nitrogen and oxygen atoms in total. The number of carboxylic acids is 1. The summed E-state index contributed by atoms with van der Waals surface area (Å²) in [6.07, 6.45) is -4.68. The van der Waals surface area contributed by atoms with Crippen LogP contribution in [0.3, 0.4) is 0 Å². The van der Waals surface area contributed by atoms with Crippen LogP contribution in [0.25, 0.3) is 11.1 Å². The molecule has 25 heavy (non-hydrogen) atoms. The largest absolute Gasteiger partial charge is 0.480 e. The lowest BCUT2D eigenvalue weighted by molar-refractivity contribution is -0.138. The van der Waals surface area contributed by atoms with Crippen molar-refractivity contribution < 1.29 is 27.9 Å². The Kier molecular flexibility index (Phi) is 5.26. The van der Waals surface area contributed by atoms with Gasteiger partial charge in [-0.1, -0.05) is 17.7 Å². The van der Waals surface area contributed by atoms with E-state index in [0.29, 0.717) is 5.01 Å². The summed E-state index contributed by atoms with van der Waals surface area (Å²) in [6, 6.07) is 3.14. The van der Waals surface area contributed by atoms with Gasteiger partial charge in [-0.05, 0) is 17.7 Å². The molecule has 5 N–H and O–H groups in total. The van der Waals surface area contributed by atoms with E-state index in [0.717, 1.165) is 23.5 Å². The number of carbonyl (C=O) groups excluding carboxylic acids is 1. The number of benzene rings is 1. The zero-order valence-electron chi connectivity index (χ0n) is 12.3. The molecular weight excluding hydrogens is 383 g/mol. The minimum absolute atomic E-state index is 0.00403. The summed E-state index contributed by atoms with van der Waals surface area (Å²) in [6.45, 7) is -0.790. The normalized spacial score (nSPS) is 11.4. The smallest absolute Gasteiger partial charge is 0.417 e. The van der Waals surface area contributed by atoms with Crippen LogP contribution < -0.4 is 11.6 Å². The highest BCUT2D eigenvalue weighted by Gasteiger charge is 2.34. The number of carbonyl (C=O) groups is 2. The fourth-order valence-electron chi connectivity index (χ4n) is 2.08. The third-order valence-electron chi connectivity index (χ3n) is 3.18. The predicted octanol–water partition coefficient (Wildman–Crippen LogP) is 3.07. The summed E-state index contributed by atoms with van der Waals surface area (Å²) in [5.41, 5.74) is 4.65. The van der Waals surface area contributed by atoms with Crippen molar-refractivity contribution >= 4 is 39.8 Å². The van der Waals surface area contributed by atoms with E-state index < -0.39 is 35.2 Å². The number of nitrogen functional groups attached to an aromatic ring is 1. The second kappa shape index (κ2) is 6.90. The molecule has 2 rings (SSSR count). The molecule has 1 heterocycles. The fourth-order valence-corrected chi connectivity index (χ4v) is 3.12. The van der Waals surface area contributed by atoms with E-state index in [1.165, 1.54) is 11.4 Å². The number of anilines is 1. The molecule has 0 unspecified atom stereocenters. The van der Waals surface area contributed by atoms with Crippen LogP contribution >= 0.6 is 22.9 Å². The number of carboxylic acid groups (broad SMARTS) is 1. The molecule has 0 bridgehead atoms. The standard InChI is InChI=1S/C14H11ClF3N3O3S/c15-9-2-1-6(3-8(9)14(16,17)18)7-5-25-12(19)11(7)13(24)21(20)4-10(22)23/h1-3,5H,4,19-20H2,(H,22,23). The van der Waals surface area contributed by atoms with Crippen LogP contribution in [-0.2, 0) is 11.0 Å². The quantitative estimate of drug-likeness (QED) is 0.420. The number of hydrogen-bond acceptors (Lipinski definition) is 5. The van der Waals surface area contributed by atoms with Crippen LogP contribution in [0.15, 0.2) is 23.6 Å². The van der Waals surface area contributed by atoms with Crippen LogP contribution in [0, 0.1) is 0 Å². The maximum atomic E-state index is 13.0. The van der Waals surface area contributed by atoms with E-state index in [4.69, 9.17) is 28.3 Å². The molecule has 0 aliphatic rings. The van der Waals surface area contributed by atoms with E-state index in [1.54, 1.807) is 0 Å². The number of hydrazine groups is 1. The van der Waals surface area contributed by atoms with Gasteiger partial charge in [0.25, 0.3) is 5.91 Å². The first-order valence-electron chi connectivity index (χ1n) is 6.54. The van der Waals surface area contributed by atoms with Crippen molar-refractivity contribution in [2.75, 3.05) is 12.3 Å². The van der Waals surface area contributed by atoms with Crippen LogP contribution in [0.5, 0.6) is 0 Å². The molecule has 11 heteroatoms. The van der Waals surface area contributed by atoms with E-state index >= 15 is 0 Å². The Hall–Kier alpha value is -2.30. The first kappa shape index (κ1) is 19.0. The summed E-state index contributed by atoms with van der Waals surface area (Å²) in [5, 5.41) is 10.0. The highest BCUT2D eigenvalue weighted by Crippen LogP contribution is 2.40. The summed E-state index contributed by atoms with van der Waals surface area (Å²) in [5.74, 6) is 3.13. The Bertz CT molecular complexity index is 838. The SMILES string of the molecule is Nc1scc(-c2ccc(Cl)c(C(F)(F)F)c2)c1C(=O)N(N)CC(=O)O. The van der Waals surface area contributed by atoms with Crippen LogP contribution in [-0.4, -0.2) is 28.5 Å². The number of nitrogens with zero attached hydrogens (tertiary/aromatic N) is 1. The Morgan fingerprint density at radius 1 is 1.32 bits per heavy atom. The molecule has 0 saturated heterocycles. The van der Waals surface area contributed by atoms with Crippen molar-refractivity contribution in [1.82, 2.24) is 5.01 Å². The molecular formula is C14H11ClF3N3O3S. The van der Waals surface area contributed by atoms with Crippen LogP contribution in [0.2, 0.25) is 5.02 Å². The molecule has 1 aromatic heterocycles. The van der Waals surface area contributed by atoms with Crippen molar-refractivity contribution in [1.29, 1.82) is 0 Å². The lowest BCUT2D eigenvalue weighted by Crippen LogP contribution is -2.41. The molecule has 0 aliphatic heterocycles. The van der Waals surface area contributed by atoms with Gasteiger partial charge >= 0.3 is 12.1 Å². The number of rotatable bonds is 4. The van der Waals surface area contributed by atoms with Gasteiger partial charge in [-0.15, -0.1) is 11.3 Å². The Labute approximate surface area is 148 Å². The molecule has 0 spiro atoms. The first-order chi connectivity index (χ1) is 11.5. The summed E-state index contributed by atoms with van der Waals surface area (Å²) >= 11 is 6.50. The summed E-state index contributed by atoms with van der Waals surface area (Å²) < 4.78 is 39.0. The van der Waals surface area contributed by atoms with Gasteiger partial charge in [0, 0.05) is 10.9 Å². The van der Waals surface area contributed by atoms with Gasteiger partial charge in [-0.3, -0.25) is 14.6 Å². The number of aliphatic carboxylic acids is 1. The summed E-state index contributed by atoms with van der Waals surface area (Å²) in [4.78, 5) is 23.0. The minimum Gasteiger partial charge on any atom is -0.480 e. The molecule has 1 amide bonds. The van der Waals surface area contributed by atoms with Crippen molar-refractivity contribution in [3.63, 3.8) is 0 Å². The van der Waals surface area contributed by atoms with Crippen molar-refractivity contribution in [3.8, 4) is 11.1 Å². The average Bonchev–Trinajstić information content (AvgIpc) is 2.86. The number of halogens is 4. The molecule has 0 aliphatic carbocycles. The maximum absolute atomic E-state index is 13.0. The number of alkyl halides is 3. The number of nitrogens with two attached hydrogens (primary N) is 2. The second-order valence-corrected chi connectivity index (χ2v) is 6.23. The second-order valence-electron chi connectivity index (χ2n) is 4.91. The predicted molar refractivity (Wildman–Crippen MR) is 87.0 cm³/mol. The molecule has 134 valence electrons. The monoisotopic (exact) mass is 393 g/mol. The fraction of sp³-hybridized carbons (Fsp3) is 0.143.